The molecule has 1 amide bonds. The summed E-state index contributed by atoms with van der Waals surface area (Å²) in [4.78, 5) is 29.7. The van der Waals surface area contributed by atoms with Gasteiger partial charge in [-0.1, -0.05) is 0 Å². The van der Waals surface area contributed by atoms with Crippen LogP contribution in [0.2, 0.25) is 0 Å². The van der Waals surface area contributed by atoms with Crippen molar-refractivity contribution in [3.8, 4) is 10.6 Å². The number of nitrogens with zero attached hydrogens (tertiary/aromatic N) is 4. The number of aromatic nitrogens is 3. The normalized spacial score (nSPS) is 15.8. The minimum atomic E-state index is -5.04. The average molecular weight is 542 g/mol. The number of nitrogens with one attached hydrogen (secondary N) is 1. The fourth-order valence-electron chi connectivity index (χ4n) is 4.09. The van der Waals surface area contributed by atoms with Crippen LogP contribution in [0.3, 0.4) is 0 Å². The van der Waals surface area contributed by atoms with Gasteiger partial charge in [-0.2, -0.15) is 18.3 Å². The number of hydrogen-bond acceptors (Lipinski definition) is 7. The quantitative estimate of drug-likeness (QED) is 0.514. The number of amides is 1. The Labute approximate surface area is 208 Å². The van der Waals surface area contributed by atoms with Gasteiger partial charge in [0.2, 0.25) is 10.0 Å². The Morgan fingerprint density at radius 2 is 1.94 bits per heavy atom. The number of rotatable bonds is 6. The summed E-state index contributed by atoms with van der Waals surface area (Å²) in [6, 6.07) is 5.78. The molecule has 0 fully saturated rings. The largest absolute Gasteiger partial charge is 0.471 e. The molecule has 4 rings (SSSR count). The topological polar surface area (TPSA) is 114 Å². The zero-order chi connectivity index (χ0) is 26.4. The fourth-order valence-corrected chi connectivity index (χ4v) is 6.05. The summed E-state index contributed by atoms with van der Waals surface area (Å²) >= 11 is 1.43. The lowest BCUT2D eigenvalue weighted by molar-refractivity contribution is -0.170. The Morgan fingerprint density at radius 3 is 2.58 bits per heavy atom. The molecule has 1 atom stereocenters. The monoisotopic (exact) mass is 541 g/mol. The maximum atomic E-state index is 13.0. The molecular formula is C22H22F3N5O4S2. The van der Waals surface area contributed by atoms with Gasteiger partial charge in [-0.15, -0.1) is 11.3 Å². The van der Waals surface area contributed by atoms with Crippen LogP contribution in [0.1, 0.15) is 23.2 Å². The predicted molar refractivity (Wildman–Crippen MR) is 127 cm³/mol. The maximum Gasteiger partial charge on any atom is 0.471 e. The molecule has 2 aromatic heterocycles. The van der Waals surface area contributed by atoms with Crippen LogP contribution < -0.4 is 15.2 Å². The zero-order valence-electron chi connectivity index (χ0n) is 19.5. The molecule has 36 heavy (non-hydrogen) atoms. The Balaban J connectivity index is 1.49. The summed E-state index contributed by atoms with van der Waals surface area (Å²) in [7, 11) is -4.04. The molecule has 0 saturated heterocycles. The molecule has 0 saturated carbocycles. The van der Waals surface area contributed by atoms with E-state index in [2.05, 4.69) is 14.8 Å². The second-order valence-corrected chi connectivity index (χ2v) is 11.3. The van der Waals surface area contributed by atoms with Crippen molar-refractivity contribution in [1.29, 1.82) is 0 Å². The Hall–Kier alpha value is -3.10. The number of thiazole rings is 1. The van der Waals surface area contributed by atoms with Gasteiger partial charge in [0, 0.05) is 24.3 Å². The molecule has 0 aliphatic carbocycles. The van der Waals surface area contributed by atoms with E-state index in [4.69, 9.17) is 0 Å². The summed E-state index contributed by atoms with van der Waals surface area (Å²) in [6.45, 7) is 4.96. The van der Waals surface area contributed by atoms with Crippen molar-refractivity contribution in [1.82, 2.24) is 19.5 Å². The number of fused-ring (bicyclic) bond motifs is 1. The standard InChI is InChI=1S/C22H22F3N5O4S2/c1-12-10-15-11-16(4-6-18(15)30(12)21(32)22(23,24)25)36(33,34)26-8-9-29-19(31)7-5-17(28-29)20-13(2)27-14(3)35-20/h4-7,11-12,26H,8-10H2,1-3H3. The fraction of sp³-hybridized carbons (Fsp3) is 0.364. The molecule has 14 heteroatoms. The number of anilines is 1. The minimum absolute atomic E-state index is 0.0324. The summed E-state index contributed by atoms with van der Waals surface area (Å²) in [5, 5.41) is 5.17. The number of aryl methyl sites for hydroxylation is 2. The van der Waals surface area contributed by atoms with E-state index in [9.17, 15) is 31.2 Å². The third kappa shape index (κ3) is 5.06. The van der Waals surface area contributed by atoms with Crippen LogP contribution in [0.4, 0.5) is 18.9 Å². The number of carbonyl (C=O) groups is 1. The number of hydrogen-bond donors (Lipinski definition) is 1. The summed E-state index contributed by atoms with van der Waals surface area (Å²) < 4.78 is 68.0. The Kier molecular flexibility index (Phi) is 6.79. The molecular weight excluding hydrogens is 519 g/mol. The third-order valence-corrected chi connectivity index (χ3v) is 8.21. The van der Waals surface area contributed by atoms with E-state index in [-0.39, 0.29) is 30.1 Å². The highest BCUT2D eigenvalue weighted by Gasteiger charge is 2.47. The van der Waals surface area contributed by atoms with Gasteiger partial charge in [-0.05, 0) is 57.0 Å². The first kappa shape index (κ1) is 26.0. The molecule has 1 unspecified atom stereocenters. The van der Waals surface area contributed by atoms with Crippen LogP contribution in [-0.2, 0) is 27.8 Å². The Bertz CT molecular complexity index is 1500. The van der Waals surface area contributed by atoms with E-state index in [0.717, 1.165) is 26.3 Å². The van der Waals surface area contributed by atoms with Crippen molar-refractivity contribution in [3.63, 3.8) is 0 Å². The summed E-state index contributed by atoms with van der Waals surface area (Å²) in [5.74, 6) is -1.99. The van der Waals surface area contributed by atoms with Crippen molar-refractivity contribution < 1.29 is 26.4 Å². The van der Waals surface area contributed by atoms with E-state index >= 15 is 0 Å². The van der Waals surface area contributed by atoms with E-state index in [1.165, 1.54) is 36.5 Å². The van der Waals surface area contributed by atoms with E-state index in [0.29, 0.717) is 16.2 Å². The van der Waals surface area contributed by atoms with Gasteiger partial charge in [0.1, 0.15) is 5.69 Å². The number of alkyl halides is 3. The van der Waals surface area contributed by atoms with Crippen molar-refractivity contribution in [3.05, 3.63) is 57.0 Å². The van der Waals surface area contributed by atoms with Crippen molar-refractivity contribution in [2.24, 2.45) is 0 Å². The van der Waals surface area contributed by atoms with Gasteiger partial charge in [0.25, 0.3) is 5.56 Å². The van der Waals surface area contributed by atoms with Gasteiger partial charge in [-0.3, -0.25) is 9.59 Å². The number of carbonyl (C=O) groups excluding carboxylic acids is 1. The number of halogens is 3. The molecule has 0 spiro atoms. The van der Waals surface area contributed by atoms with Crippen LogP contribution in [0, 0.1) is 13.8 Å². The molecule has 1 aliphatic heterocycles. The van der Waals surface area contributed by atoms with E-state index in [1.54, 1.807) is 6.07 Å². The maximum absolute atomic E-state index is 13.0. The molecule has 1 N–H and O–H groups in total. The highest BCUT2D eigenvalue weighted by atomic mass is 32.2. The van der Waals surface area contributed by atoms with Gasteiger partial charge >= 0.3 is 12.1 Å². The van der Waals surface area contributed by atoms with Crippen LogP contribution in [0.5, 0.6) is 0 Å². The lowest BCUT2D eigenvalue weighted by Gasteiger charge is -2.23. The molecule has 1 aromatic carbocycles. The van der Waals surface area contributed by atoms with E-state index in [1.807, 2.05) is 13.8 Å². The average Bonchev–Trinajstić information content (AvgIpc) is 3.30. The van der Waals surface area contributed by atoms with Crippen LogP contribution in [0.15, 0.2) is 40.0 Å². The minimum Gasteiger partial charge on any atom is -0.301 e. The lowest BCUT2D eigenvalue weighted by atomic mass is 10.1. The second kappa shape index (κ2) is 9.41. The SMILES string of the molecule is Cc1nc(C)c(-c2ccc(=O)n(CCNS(=O)(=O)c3ccc4c(c3)CC(C)N4C(=O)C(F)(F)F)n2)s1. The smallest absolute Gasteiger partial charge is 0.301 e. The molecule has 0 bridgehead atoms. The van der Waals surface area contributed by atoms with Gasteiger partial charge < -0.3 is 4.90 Å². The highest BCUT2D eigenvalue weighted by Crippen LogP contribution is 2.36. The highest BCUT2D eigenvalue weighted by molar-refractivity contribution is 7.89. The number of sulfonamides is 1. The van der Waals surface area contributed by atoms with Crippen LogP contribution in [0.25, 0.3) is 10.6 Å². The first-order valence-corrected chi connectivity index (χ1v) is 13.1. The van der Waals surface area contributed by atoms with E-state index < -0.39 is 33.7 Å². The first-order chi connectivity index (χ1) is 16.8. The molecule has 3 aromatic rings. The van der Waals surface area contributed by atoms with Crippen molar-refractivity contribution in [2.75, 3.05) is 11.4 Å². The van der Waals surface area contributed by atoms with Crippen molar-refractivity contribution in [2.45, 2.75) is 50.9 Å². The van der Waals surface area contributed by atoms with Gasteiger partial charge in [0.05, 0.1) is 27.0 Å². The third-order valence-electron chi connectivity index (χ3n) is 5.66. The lowest BCUT2D eigenvalue weighted by Crippen LogP contribution is -2.44. The molecule has 192 valence electrons. The Morgan fingerprint density at radius 1 is 1.22 bits per heavy atom. The molecule has 3 heterocycles. The zero-order valence-corrected chi connectivity index (χ0v) is 21.1. The second-order valence-electron chi connectivity index (χ2n) is 8.34. The summed E-state index contributed by atoms with van der Waals surface area (Å²) in [5.41, 5.74) is 1.27. The molecule has 9 nitrogen and oxygen atoms in total. The van der Waals surface area contributed by atoms with Crippen LogP contribution in [-0.4, -0.2) is 47.9 Å². The van der Waals surface area contributed by atoms with Crippen molar-refractivity contribution >= 4 is 33.0 Å². The predicted octanol–water partition coefficient (Wildman–Crippen LogP) is 2.80. The molecule has 0 radical (unpaired) electrons. The van der Waals surface area contributed by atoms with Gasteiger partial charge in [-0.25, -0.2) is 22.8 Å². The summed E-state index contributed by atoms with van der Waals surface area (Å²) in [6.07, 6.45) is -4.95. The number of benzene rings is 1. The first-order valence-electron chi connectivity index (χ1n) is 10.8. The van der Waals surface area contributed by atoms with Crippen LogP contribution >= 0.6 is 11.3 Å². The molecule has 1 aliphatic rings. The van der Waals surface area contributed by atoms with Gasteiger partial charge in [0.15, 0.2) is 0 Å².